The van der Waals surface area contributed by atoms with Crippen molar-refractivity contribution in [3.8, 4) is 5.75 Å². The fourth-order valence-corrected chi connectivity index (χ4v) is 3.97. The lowest BCUT2D eigenvalue weighted by Crippen LogP contribution is -2.31. The van der Waals surface area contributed by atoms with Gasteiger partial charge in [-0.05, 0) is 29.8 Å². The Kier molecular flexibility index (Phi) is 5.78. The van der Waals surface area contributed by atoms with E-state index < -0.39 is 11.9 Å². The molecule has 0 unspecified atom stereocenters. The molecule has 7 heteroatoms. The van der Waals surface area contributed by atoms with E-state index in [2.05, 4.69) is 4.98 Å². The molecule has 1 aromatic carbocycles. The quantitative estimate of drug-likeness (QED) is 0.785. The van der Waals surface area contributed by atoms with Crippen LogP contribution in [0.3, 0.4) is 0 Å². The van der Waals surface area contributed by atoms with E-state index in [1.54, 1.807) is 30.5 Å². The number of amides is 1. The Bertz CT molecular complexity index is 784. The van der Waals surface area contributed by atoms with E-state index in [0.29, 0.717) is 6.54 Å². The second kappa shape index (κ2) is 8.23. The molecule has 2 atom stereocenters. The first-order valence-corrected chi connectivity index (χ1v) is 9.24. The van der Waals surface area contributed by atoms with Gasteiger partial charge in [0.05, 0.1) is 18.8 Å². The van der Waals surface area contributed by atoms with E-state index in [9.17, 15) is 14.7 Å². The third-order valence-electron chi connectivity index (χ3n) is 4.51. The van der Waals surface area contributed by atoms with Gasteiger partial charge in [0.25, 0.3) is 0 Å². The lowest BCUT2D eigenvalue weighted by atomic mass is 9.90. The molecule has 0 aliphatic carbocycles. The Morgan fingerprint density at radius 1 is 1.31 bits per heavy atom. The third kappa shape index (κ3) is 4.16. The lowest BCUT2D eigenvalue weighted by Gasteiger charge is -2.16. The number of methoxy groups -OCH3 is 1. The Labute approximate surface area is 156 Å². The predicted octanol–water partition coefficient (Wildman–Crippen LogP) is 2.51. The number of carbonyl (C=O) groups is 2. The van der Waals surface area contributed by atoms with Crippen LogP contribution in [0.5, 0.6) is 5.75 Å². The molecule has 1 fully saturated rings. The number of thioether (sulfide) groups is 1. The van der Waals surface area contributed by atoms with Gasteiger partial charge in [-0.3, -0.25) is 14.6 Å². The molecule has 1 amide bonds. The summed E-state index contributed by atoms with van der Waals surface area (Å²) in [6, 6.07) is 11.2. The van der Waals surface area contributed by atoms with Crippen LogP contribution in [0.1, 0.15) is 11.5 Å². The smallest absolute Gasteiger partial charge is 0.308 e. The second-order valence-corrected chi connectivity index (χ2v) is 7.15. The number of aliphatic carboxylic acids is 1. The van der Waals surface area contributed by atoms with Crippen molar-refractivity contribution < 1.29 is 19.4 Å². The van der Waals surface area contributed by atoms with Crippen molar-refractivity contribution in [2.45, 2.75) is 10.8 Å². The maximum Gasteiger partial charge on any atom is 0.308 e. The number of benzene rings is 1. The van der Waals surface area contributed by atoms with Crippen LogP contribution in [-0.2, 0) is 9.59 Å². The van der Waals surface area contributed by atoms with Gasteiger partial charge < -0.3 is 14.7 Å². The molecule has 1 N–H and O–H groups in total. The van der Waals surface area contributed by atoms with Crippen molar-refractivity contribution in [3.05, 3.63) is 54.4 Å². The van der Waals surface area contributed by atoms with Crippen molar-refractivity contribution in [2.24, 2.45) is 5.92 Å². The van der Waals surface area contributed by atoms with Gasteiger partial charge in [0, 0.05) is 36.3 Å². The number of hydrogen-bond donors (Lipinski definition) is 1. The summed E-state index contributed by atoms with van der Waals surface area (Å²) in [6.45, 7) is 0.632. The average Bonchev–Trinajstić information content (AvgIpc) is 3.13. The maximum absolute atomic E-state index is 12.6. The molecule has 2 heterocycles. The van der Waals surface area contributed by atoms with Crippen LogP contribution >= 0.6 is 11.8 Å². The van der Waals surface area contributed by atoms with Crippen molar-refractivity contribution >= 4 is 23.6 Å². The molecule has 136 valence electrons. The first-order chi connectivity index (χ1) is 12.6. The third-order valence-corrected chi connectivity index (χ3v) is 5.48. The molecule has 1 saturated heterocycles. The molecular formula is C19H20N2O4S. The number of nitrogens with zero attached hydrogens (tertiary/aromatic N) is 2. The van der Waals surface area contributed by atoms with Gasteiger partial charge >= 0.3 is 5.97 Å². The number of pyridine rings is 1. The Hall–Kier alpha value is -2.54. The van der Waals surface area contributed by atoms with Gasteiger partial charge in [-0.2, -0.15) is 0 Å². The normalized spacial score (nSPS) is 19.3. The lowest BCUT2D eigenvalue weighted by molar-refractivity contribution is -0.141. The number of hydrogen-bond acceptors (Lipinski definition) is 5. The van der Waals surface area contributed by atoms with Gasteiger partial charge in [0.15, 0.2) is 0 Å². The molecule has 2 aromatic rings. The van der Waals surface area contributed by atoms with Crippen LogP contribution in [0.25, 0.3) is 0 Å². The highest BCUT2D eigenvalue weighted by atomic mass is 32.2. The number of carboxylic acids is 1. The predicted molar refractivity (Wildman–Crippen MR) is 98.4 cm³/mol. The fraction of sp³-hybridized carbons (Fsp3) is 0.316. The summed E-state index contributed by atoms with van der Waals surface area (Å²) < 4.78 is 5.19. The van der Waals surface area contributed by atoms with E-state index in [1.807, 2.05) is 30.3 Å². The maximum atomic E-state index is 12.6. The van der Waals surface area contributed by atoms with Crippen molar-refractivity contribution in [3.63, 3.8) is 0 Å². The van der Waals surface area contributed by atoms with Crippen LogP contribution in [-0.4, -0.2) is 52.8 Å². The van der Waals surface area contributed by atoms with Gasteiger partial charge in [0.1, 0.15) is 5.75 Å². The number of rotatable bonds is 6. The standard InChI is InChI=1S/C19H20N2O4S/c1-25-14-5-2-6-15(8-14)26-12-18(22)21-10-16(17(11-21)19(23)24)13-4-3-7-20-9-13/h2-9,16-17H,10-12H2,1H3,(H,23,24)/t16-,17+/m1/s1. The molecule has 0 spiro atoms. The highest BCUT2D eigenvalue weighted by Crippen LogP contribution is 2.33. The molecule has 0 saturated carbocycles. The number of carboxylic acid groups (broad SMARTS) is 1. The van der Waals surface area contributed by atoms with Crippen LogP contribution in [0.2, 0.25) is 0 Å². The molecule has 1 aliphatic heterocycles. The first-order valence-electron chi connectivity index (χ1n) is 8.26. The van der Waals surface area contributed by atoms with E-state index >= 15 is 0 Å². The van der Waals surface area contributed by atoms with E-state index in [1.165, 1.54) is 11.8 Å². The fourth-order valence-electron chi connectivity index (χ4n) is 3.12. The van der Waals surface area contributed by atoms with E-state index in [-0.39, 0.29) is 24.1 Å². The summed E-state index contributed by atoms with van der Waals surface area (Å²) >= 11 is 1.42. The highest BCUT2D eigenvalue weighted by molar-refractivity contribution is 8.00. The zero-order valence-corrected chi connectivity index (χ0v) is 15.2. The van der Waals surface area contributed by atoms with Gasteiger partial charge in [-0.1, -0.05) is 12.1 Å². The Morgan fingerprint density at radius 3 is 2.85 bits per heavy atom. The molecule has 1 aromatic heterocycles. The highest BCUT2D eigenvalue weighted by Gasteiger charge is 2.40. The summed E-state index contributed by atoms with van der Waals surface area (Å²) in [7, 11) is 1.60. The van der Waals surface area contributed by atoms with Crippen molar-refractivity contribution in [1.82, 2.24) is 9.88 Å². The summed E-state index contributed by atoms with van der Waals surface area (Å²) in [5.74, 6) is -0.771. The number of aromatic nitrogens is 1. The SMILES string of the molecule is COc1cccc(SCC(=O)N2C[C@H](C(=O)O)[C@@H](c3cccnc3)C2)c1. The van der Waals surface area contributed by atoms with Crippen LogP contribution in [0.4, 0.5) is 0 Å². The molecule has 1 aliphatic rings. The molecule has 0 bridgehead atoms. The summed E-state index contributed by atoms with van der Waals surface area (Å²) in [5, 5.41) is 9.53. The first kappa shape index (κ1) is 18.3. The number of likely N-dealkylation sites (tertiary alicyclic amines) is 1. The van der Waals surface area contributed by atoms with Crippen molar-refractivity contribution in [1.29, 1.82) is 0 Å². The van der Waals surface area contributed by atoms with E-state index in [0.717, 1.165) is 16.2 Å². The van der Waals surface area contributed by atoms with Gasteiger partial charge in [-0.25, -0.2) is 0 Å². The minimum Gasteiger partial charge on any atom is -0.497 e. The number of ether oxygens (including phenoxy) is 1. The van der Waals surface area contributed by atoms with E-state index in [4.69, 9.17) is 4.74 Å². The van der Waals surface area contributed by atoms with Gasteiger partial charge in [0.2, 0.25) is 5.91 Å². The monoisotopic (exact) mass is 372 g/mol. The molecule has 0 radical (unpaired) electrons. The molecule has 3 rings (SSSR count). The zero-order chi connectivity index (χ0) is 18.5. The summed E-state index contributed by atoms with van der Waals surface area (Å²) in [4.78, 5) is 30.9. The van der Waals surface area contributed by atoms with Crippen LogP contribution in [0.15, 0.2) is 53.7 Å². The Balaban J connectivity index is 1.65. The average molecular weight is 372 g/mol. The van der Waals surface area contributed by atoms with Crippen LogP contribution < -0.4 is 4.74 Å². The summed E-state index contributed by atoms with van der Waals surface area (Å²) in [5.41, 5.74) is 0.857. The zero-order valence-electron chi connectivity index (χ0n) is 14.4. The molecule has 26 heavy (non-hydrogen) atoms. The van der Waals surface area contributed by atoms with Gasteiger partial charge in [-0.15, -0.1) is 11.8 Å². The molecule has 6 nitrogen and oxygen atoms in total. The van der Waals surface area contributed by atoms with Crippen LogP contribution in [0, 0.1) is 5.92 Å². The summed E-state index contributed by atoms with van der Waals surface area (Å²) in [6.07, 6.45) is 3.33. The largest absolute Gasteiger partial charge is 0.497 e. The Morgan fingerprint density at radius 2 is 2.15 bits per heavy atom. The second-order valence-electron chi connectivity index (χ2n) is 6.10. The topological polar surface area (TPSA) is 79.7 Å². The number of carbonyl (C=O) groups excluding carboxylic acids is 1. The van der Waals surface area contributed by atoms with Crippen molar-refractivity contribution in [2.75, 3.05) is 26.0 Å². The minimum atomic E-state index is -0.880. The minimum absolute atomic E-state index is 0.0598. The molecular weight excluding hydrogens is 352 g/mol.